The van der Waals surface area contributed by atoms with Crippen molar-refractivity contribution in [2.24, 2.45) is 0 Å². The third-order valence-electron chi connectivity index (χ3n) is 3.58. The van der Waals surface area contributed by atoms with Crippen LogP contribution in [0.15, 0.2) is 51.8 Å². The number of fused-ring (bicyclic) bond motifs is 1. The van der Waals surface area contributed by atoms with Crippen molar-refractivity contribution in [2.45, 2.75) is 26.3 Å². The van der Waals surface area contributed by atoms with Crippen LogP contribution in [0.4, 0.5) is 5.69 Å². The van der Waals surface area contributed by atoms with Crippen molar-refractivity contribution in [1.29, 1.82) is 0 Å². The molecule has 0 bridgehead atoms. The number of carbonyl (C=O) groups is 1. The lowest BCUT2D eigenvalue weighted by Crippen LogP contribution is -2.25. The first kappa shape index (κ1) is 15.0. The zero-order valence-electron chi connectivity index (χ0n) is 12.9. The fraction of sp³-hybridized carbons (Fsp3) is 0.235. The summed E-state index contributed by atoms with van der Waals surface area (Å²) in [5, 5.41) is 2.85. The molecule has 1 N–H and O–H groups in total. The summed E-state index contributed by atoms with van der Waals surface area (Å²) in [7, 11) is 0. The van der Waals surface area contributed by atoms with Gasteiger partial charge in [0.2, 0.25) is 5.91 Å². The first-order valence-electron chi connectivity index (χ1n) is 7.39. The Hall–Kier alpha value is -2.89. The molecular formula is C17H17N3O3. The van der Waals surface area contributed by atoms with Gasteiger partial charge in [-0.25, -0.2) is 14.3 Å². The smallest absolute Gasteiger partial charge is 0.406 e. The Balaban J connectivity index is 1.85. The average molecular weight is 311 g/mol. The number of hydrogen-bond acceptors (Lipinski definition) is 4. The molecule has 0 fully saturated rings. The summed E-state index contributed by atoms with van der Waals surface area (Å²) in [4.78, 5) is 28.3. The van der Waals surface area contributed by atoms with E-state index in [0.717, 1.165) is 11.3 Å². The van der Waals surface area contributed by atoms with E-state index in [-0.39, 0.29) is 18.4 Å². The number of nitrogens with zero attached hydrogens (tertiary/aromatic N) is 2. The molecule has 3 rings (SSSR count). The fourth-order valence-electron chi connectivity index (χ4n) is 2.49. The van der Waals surface area contributed by atoms with Gasteiger partial charge in [-0.1, -0.05) is 32.0 Å². The van der Waals surface area contributed by atoms with E-state index < -0.39 is 5.76 Å². The van der Waals surface area contributed by atoms with Crippen molar-refractivity contribution in [2.75, 3.05) is 5.32 Å². The van der Waals surface area contributed by atoms with Gasteiger partial charge in [-0.15, -0.1) is 0 Å². The first-order chi connectivity index (χ1) is 11.1. The molecule has 0 radical (unpaired) electrons. The van der Waals surface area contributed by atoms with Crippen molar-refractivity contribution in [1.82, 2.24) is 9.55 Å². The lowest BCUT2D eigenvalue weighted by atomic mass is 10.0. The number of aromatic nitrogens is 2. The Labute approximate surface area is 132 Å². The van der Waals surface area contributed by atoms with Gasteiger partial charge in [-0.2, -0.15) is 0 Å². The van der Waals surface area contributed by atoms with Gasteiger partial charge in [0.25, 0.3) is 0 Å². The molecule has 3 aromatic rings. The summed E-state index contributed by atoms with van der Waals surface area (Å²) in [6.07, 6.45) is 1.56. The highest BCUT2D eigenvalue weighted by Gasteiger charge is 2.15. The van der Waals surface area contributed by atoms with E-state index >= 15 is 0 Å². The molecule has 23 heavy (non-hydrogen) atoms. The van der Waals surface area contributed by atoms with Gasteiger partial charge in [-0.05, 0) is 29.7 Å². The molecule has 0 aliphatic rings. The second-order valence-corrected chi connectivity index (χ2v) is 5.57. The minimum Gasteiger partial charge on any atom is -0.406 e. The van der Waals surface area contributed by atoms with Gasteiger partial charge in [0.1, 0.15) is 6.54 Å². The van der Waals surface area contributed by atoms with E-state index in [2.05, 4.69) is 24.1 Å². The lowest BCUT2D eigenvalue weighted by Gasteiger charge is -2.13. The maximum absolute atomic E-state index is 12.3. The second kappa shape index (κ2) is 6.08. The van der Waals surface area contributed by atoms with E-state index in [1.165, 1.54) is 4.57 Å². The predicted octanol–water partition coefficient (Wildman–Crippen LogP) is 2.75. The molecule has 0 atom stereocenters. The molecule has 0 saturated heterocycles. The SMILES string of the molecule is CC(C)c1ccccc1NC(=O)Cn1c(=O)oc2cccnc21. The first-order valence-corrected chi connectivity index (χ1v) is 7.39. The number of benzene rings is 1. The summed E-state index contributed by atoms with van der Waals surface area (Å²) in [6.45, 7) is 3.97. The van der Waals surface area contributed by atoms with Crippen LogP contribution in [0.2, 0.25) is 0 Å². The van der Waals surface area contributed by atoms with Crippen molar-refractivity contribution in [3.63, 3.8) is 0 Å². The summed E-state index contributed by atoms with van der Waals surface area (Å²) < 4.78 is 6.30. The lowest BCUT2D eigenvalue weighted by molar-refractivity contribution is -0.116. The van der Waals surface area contributed by atoms with Crippen LogP contribution < -0.4 is 11.1 Å². The number of pyridine rings is 1. The van der Waals surface area contributed by atoms with Gasteiger partial charge in [0.05, 0.1) is 0 Å². The van der Waals surface area contributed by atoms with E-state index in [1.54, 1.807) is 18.3 Å². The number of carbonyl (C=O) groups excluding carboxylic acids is 1. The summed E-state index contributed by atoms with van der Waals surface area (Å²) >= 11 is 0. The van der Waals surface area contributed by atoms with E-state index in [1.807, 2.05) is 24.3 Å². The highest BCUT2D eigenvalue weighted by molar-refractivity contribution is 5.92. The minimum atomic E-state index is -0.592. The largest absolute Gasteiger partial charge is 0.421 e. The quantitative estimate of drug-likeness (QED) is 0.803. The van der Waals surface area contributed by atoms with Gasteiger partial charge < -0.3 is 9.73 Å². The Bertz CT molecular complexity index is 909. The Kier molecular flexibility index (Phi) is 3.97. The molecule has 0 saturated carbocycles. The topological polar surface area (TPSA) is 77.1 Å². The van der Waals surface area contributed by atoms with Crippen molar-refractivity contribution in [3.8, 4) is 0 Å². The van der Waals surface area contributed by atoms with Gasteiger partial charge in [0, 0.05) is 11.9 Å². The van der Waals surface area contributed by atoms with Gasteiger partial charge in [-0.3, -0.25) is 4.79 Å². The minimum absolute atomic E-state index is 0.144. The van der Waals surface area contributed by atoms with Crippen LogP contribution in [-0.2, 0) is 11.3 Å². The third-order valence-corrected chi connectivity index (χ3v) is 3.58. The van der Waals surface area contributed by atoms with Crippen LogP contribution in [0, 0.1) is 0 Å². The Morgan fingerprint density at radius 1 is 1.26 bits per heavy atom. The van der Waals surface area contributed by atoms with E-state index in [9.17, 15) is 9.59 Å². The van der Waals surface area contributed by atoms with Crippen LogP contribution in [0.5, 0.6) is 0 Å². The zero-order chi connectivity index (χ0) is 16.4. The number of amides is 1. The van der Waals surface area contributed by atoms with Crippen molar-refractivity contribution >= 4 is 22.8 Å². The van der Waals surface area contributed by atoms with Crippen LogP contribution in [0.3, 0.4) is 0 Å². The normalized spacial score (nSPS) is 11.1. The monoisotopic (exact) mass is 311 g/mol. The van der Waals surface area contributed by atoms with Gasteiger partial charge >= 0.3 is 5.76 Å². The molecule has 1 amide bonds. The molecule has 1 aromatic carbocycles. The molecule has 118 valence electrons. The Morgan fingerprint density at radius 3 is 2.83 bits per heavy atom. The molecule has 6 heteroatoms. The second-order valence-electron chi connectivity index (χ2n) is 5.57. The van der Waals surface area contributed by atoms with Gasteiger partial charge in [0.15, 0.2) is 11.2 Å². The van der Waals surface area contributed by atoms with Crippen molar-refractivity contribution < 1.29 is 9.21 Å². The zero-order valence-corrected chi connectivity index (χ0v) is 12.9. The van der Waals surface area contributed by atoms with Crippen molar-refractivity contribution in [3.05, 3.63) is 58.7 Å². The molecule has 0 aliphatic carbocycles. The highest BCUT2D eigenvalue weighted by Crippen LogP contribution is 2.23. The van der Waals surface area contributed by atoms with E-state index in [4.69, 9.17) is 4.42 Å². The number of hydrogen-bond donors (Lipinski definition) is 1. The number of rotatable bonds is 4. The molecule has 2 aromatic heterocycles. The van der Waals surface area contributed by atoms with Crippen LogP contribution in [0.1, 0.15) is 25.3 Å². The third kappa shape index (κ3) is 3.01. The maximum atomic E-state index is 12.3. The average Bonchev–Trinajstić information content (AvgIpc) is 2.83. The fourth-order valence-corrected chi connectivity index (χ4v) is 2.49. The molecule has 0 aliphatic heterocycles. The van der Waals surface area contributed by atoms with E-state index in [0.29, 0.717) is 11.2 Å². The number of anilines is 1. The molecule has 6 nitrogen and oxygen atoms in total. The highest BCUT2D eigenvalue weighted by atomic mass is 16.4. The van der Waals surface area contributed by atoms with Crippen LogP contribution in [-0.4, -0.2) is 15.5 Å². The maximum Gasteiger partial charge on any atom is 0.421 e. The Morgan fingerprint density at radius 2 is 2.04 bits per heavy atom. The molecule has 0 spiro atoms. The number of nitrogens with one attached hydrogen (secondary N) is 1. The summed E-state index contributed by atoms with van der Waals surface area (Å²) in [6, 6.07) is 10.9. The molecule has 2 heterocycles. The standard InChI is InChI=1S/C17H17N3O3/c1-11(2)12-6-3-4-7-13(12)19-15(21)10-20-16-14(23-17(20)22)8-5-9-18-16/h3-9,11H,10H2,1-2H3,(H,19,21). The number of oxazole rings is 1. The summed E-state index contributed by atoms with van der Waals surface area (Å²) in [5.74, 6) is -0.606. The predicted molar refractivity (Wildman–Crippen MR) is 87.4 cm³/mol. The molecule has 0 unspecified atom stereocenters. The number of para-hydroxylation sites is 1. The van der Waals surface area contributed by atoms with Crippen LogP contribution in [0.25, 0.3) is 11.2 Å². The molecular weight excluding hydrogens is 294 g/mol. The summed E-state index contributed by atoms with van der Waals surface area (Å²) in [5.41, 5.74) is 2.53. The van der Waals surface area contributed by atoms with Crippen LogP contribution >= 0.6 is 0 Å².